The fourth-order valence-corrected chi connectivity index (χ4v) is 1.95. The fraction of sp³-hybridized carbons (Fsp3) is 0.267. The predicted octanol–water partition coefficient (Wildman–Crippen LogP) is 3.18. The van der Waals surface area contributed by atoms with Crippen molar-refractivity contribution in [3.8, 4) is 0 Å². The molecule has 2 rings (SSSR count). The molecule has 0 radical (unpaired) electrons. The molecule has 1 N–H and O–H groups in total. The van der Waals surface area contributed by atoms with Crippen LogP contribution in [0.5, 0.6) is 0 Å². The van der Waals surface area contributed by atoms with E-state index in [0.717, 1.165) is 11.3 Å². The third-order valence-electron chi connectivity index (χ3n) is 2.84. The van der Waals surface area contributed by atoms with Gasteiger partial charge in [0.25, 0.3) is 5.91 Å². The minimum atomic E-state index is -0.167. The second-order valence-electron chi connectivity index (χ2n) is 4.80. The van der Waals surface area contributed by atoms with Crippen molar-refractivity contribution in [1.29, 1.82) is 0 Å². The van der Waals surface area contributed by atoms with E-state index < -0.39 is 0 Å². The van der Waals surface area contributed by atoms with E-state index in [2.05, 4.69) is 15.3 Å². The van der Waals surface area contributed by atoms with Gasteiger partial charge in [0, 0.05) is 30.2 Å². The van der Waals surface area contributed by atoms with Gasteiger partial charge < -0.3 is 5.32 Å². The van der Waals surface area contributed by atoms with E-state index in [1.807, 2.05) is 26.0 Å². The van der Waals surface area contributed by atoms with Gasteiger partial charge in [-0.2, -0.15) is 0 Å². The summed E-state index contributed by atoms with van der Waals surface area (Å²) in [5.41, 5.74) is 2.28. The predicted molar refractivity (Wildman–Crippen MR) is 78.7 cm³/mol. The summed E-state index contributed by atoms with van der Waals surface area (Å²) in [4.78, 5) is 20.3. The molecule has 0 saturated heterocycles. The van der Waals surface area contributed by atoms with Crippen LogP contribution in [0.15, 0.2) is 36.7 Å². The lowest BCUT2D eigenvalue weighted by atomic mass is 10.1. The topological polar surface area (TPSA) is 54.9 Å². The smallest absolute Gasteiger partial charge is 0.251 e. The number of carbonyl (C=O) groups is 1. The summed E-state index contributed by atoms with van der Waals surface area (Å²) in [6.07, 6.45) is 3.42. The van der Waals surface area contributed by atoms with Gasteiger partial charge in [-0.05, 0) is 29.7 Å². The van der Waals surface area contributed by atoms with Crippen LogP contribution in [-0.2, 0) is 6.54 Å². The third kappa shape index (κ3) is 3.78. The number of nitrogens with zero attached hydrogens (tertiary/aromatic N) is 2. The average Bonchev–Trinajstić information content (AvgIpc) is 2.45. The zero-order valence-corrected chi connectivity index (χ0v) is 12.2. The van der Waals surface area contributed by atoms with Crippen LogP contribution >= 0.6 is 11.6 Å². The van der Waals surface area contributed by atoms with E-state index in [1.54, 1.807) is 24.5 Å². The second-order valence-corrected chi connectivity index (χ2v) is 5.19. The monoisotopic (exact) mass is 289 g/mol. The highest BCUT2D eigenvalue weighted by Crippen LogP contribution is 2.17. The number of hydrogen-bond acceptors (Lipinski definition) is 3. The number of nitrogens with one attached hydrogen (secondary N) is 1. The van der Waals surface area contributed by atoms with Crippen molar-refractivity contribution < 1.29 is 4.79 Å². The molecule has 104 valence electrons. The molecule has 1 amide bonds. The molecule has 0 unspecified atom stereocenters. The Morgan fingerprint density at radius 1 is 1.40 bits per heavy atom. The van der Waals surface area contributed by atoms with Gasteiger partial charge in [0.1, 0.15) is 5.15 Å². The van der Waals surface area contributed by atoms with Gasteiger partial charge in [0.2, 0.25) is 0 Å². The first-order valence-corrected chi connectivity index (χ1v) is 6.78. The normalized spacial score (nSPS) is 10.6. The van der Waals surface area contributed by atoms with E-state index in [0.29, 0.717) is 17.3 Å². The summed E-state index contributed by atoms with van der Waals surface area (Å²) < 4.78 is 0. The molecule has 0 saturated carbocycles. The Morgan fingerprint density at radius 2 is 2.20 bits per heavy atom. The standard InChI is InChI=1S/C15H16ClN3O/c1-10(2)13-6-12(7-14(16)19-13)15(20)18-9-11-4-3-5-17-8-11/h3-8,10H,9H2,1-2H3,(H,18,20). The minimum Gasteiger partial charge on any atom is -0.348 e. The lowest BCUT2D eigenvalue weighted by Gasteiger charge is -2.09. The summed E-state index contributed by atoms with van der Waals surface area (Å²) >= 11 is 5.95. The molecule has 2 aromatic rings. The van der Waals surface area contributed by atoms with Crippen LogP contribution in [0, 0.1) is 0 Å². The molecule has 5 heteroatoms. The molecule has 0 aliphatic heterocycles. The average molecular weight is 290 g/mol. The van der Waals surface area contributed by atoms with Crippen LogP contribution < -0.4 is 5.32 Å². The van der Waals surface area contributed by atoms with Gasteiger partial charge in [-0.1, -0.05) is 31.5 Å². The van der Waals surface area contributed by atoms with Gasteiger partial charge in [0.15, 0.2) is 0 Å². The zero-order chi connectivity index (χ0) is 14.5. The van der Waals surface area contributed by atoms with Gasteiger partial charge in [-0.3, -0.25) is 9.78 Å². The Kier molecular flexibility index (Phi) is 4.69. The number of halogens is 1. The van der Waals surface area contributed by atoms with Crippen molar-refractivity contribution in [1.82, 2.24) is 15.3 Å². The van der Waals surface area contributed by atoms with Gasteiger partial charge >= 0.3 is 0 Å². The Morgan fingerprint density at radius 3 is 2.85 bits per heavy atom. The summed E-state index contributed by atoms with van der Waals surface area (Å²) in [5.74, 6) is 0.0543. The lowest BCUT2D eigenvalue weighted by molar-refractivity contribution is 0.0950. The molecular formula is C15H16ClN3O. The molecule has 2 aromatic heterocycles. The third-order valence-corrected chi connectivity index (χ3v) is 3.04. The van der Waals surface area contributed by atoms with E-state index in [9.17, 15) is 4.79 Å². The molecule has 0 spiro atoms. The van der Waals surface area contributed by atoms with Crippen LogP contribution in [0.4, 0.5) is 0 Å². The number of aromatic nitrogens is 2. The summed E-state index contributed by atoms with van der Waals surface area (Å²) in [5, 5.41) is 3.18. The van der Waals surface area contributed by atoms with Crippen molar-refractivity contribution in [3.05, 3.63) is 58.6 Å². The number of hydrogen-bond donors (Lipinski definition) is 1. The maximum atomic E-state index is 12.1. The summed E-state index contributed by atoms with van der Waals surface area (Å²) in [7, 11) is 0. The molecule has 0 atom stereocenters. The highest BCUT2D eigenvalue weighted by atomic mass is 35.5. The van der Waals surface area contributed by atoms with Crippen LogP contribution in [-0.4, -0.2) is 15.9 Å². The Hall–Kier alpha value is -1.94. The number of carbonyl (C=O) groups excluding carboxylic acids is 1. The largest absolute Gasteiger partial charge is 0.348 e. The first-order valence-electron chi connectivity index (χ1n) is 6.41. The fourth-order valence-electron chi connectivity index (χ4n) is 1.73. The zero-order valence-electron chi connectivity index (χ0n) is 11.4. The molecule has 4 nitrogen and oxygen atoms in total. The molecular weight excluding hydrogens is 274 g/mol. The quantitative estimate of drug-likeness (QED) is 0.880. The molecule has 0 fully saturated rings. The molecule has 0 bridgehead atoms. The maximum Gasteiger partial charge on any atom is 0.251 e. The van der Waals surface area contributed by atoms with E-state index in [1.165, 1.54) is 0 Å². The SMILES string of the molecule is CC(C)c1cc(C(=O)NCc2cccnc2)cc(Cl)n1. The van der Waals surface area contributed by atoms with Crippen LogP contribution in [0.1, 0.15) is 41.4 Å². The van der Waals surface area contributed by atoms with Crippen molar-refractivity contribution in [3.63, 3.8) is 0 Å². The van der Waals surface area contributed by atoms with Crippen LogP contribution in [0.25, 0.3) is 0 Å². The first-order chi connectivity index (χ1) is 9.56. The van der Waals surface area contributed by atoms with Gasteiger partial charge in [-0.15, -0.1) is 0 Å². The van der Waals surface area contributed by atoms with Crippen molar-refractivity contribution in [2.75, 3.05) is 0 Å². The Labute approximate surface area is 123 Å². The lowest BCUT2D eigenvalue weighted by Crippen LogP contribution is -2.23. The first kappa shape index (κ1) is 14.5. The molecule has 0 aliphatic rings. The summed E-state index contributed by atoms with van der Waals surface area (Å²) in [6, 6.07) is 7.09. The van der Waals surface area contributed by atoms with Crippen molar-refractivity contribution in [2.24, 2.45) is 0 Å². The maximum absolute atomic E-state index is 12.1. The van der Waals surface area contributed by atoms with Gasteiger partial charge in [-0.25, -0.2) is 4.98 Å². The van der Waals surface area contributed by atoms with E-state index >= 15 is 0 Å². The van der Waals surface area contributed by atoms with Crippen molar-refractivity contribution >= 4 is 17.5 Å². The number of pyridine rings is 2. The minimum absolute atomic E-state index is 0.167. The van der Waals surface area contributed by atoms with E-state index in [-0.39, 0.29) is 11.8 Å². The van der Waals surface area contributed by atoms with E-state index in [4.69, 9.17) is 11.6 Å². The summed E-state index contributed by atoms with van der Waals surface area (Å²) in [6.45, 7) is 4.45. The Balaban J connectivity index is 2.09. The van der Waals surface area contributed by atoms with Crippen LogP contribution in [0.2, 0.25) is 5.15 Å². The highest BCUT2D eigenvalue weighted by molar-refractivity contribution is 6.29. The number of rotatable bonds is 4. The molecule has 2 heterocycles. The molecule has 20 heavy (non-hydrogen) atoms. The van der Waals surface area contributed by atoms with Gasteiger partial charge in [0.05, 0.1) is 0 Å². The highest BCUT2D eigenvalue weighted by Gasteiger charge is 2.11. The van der Waals surface area contributed by atoms with Crippen molar-refractivity contribution in [2.45, 2.75) is 26.3 Å². The second kappa shape index (κ2) is 6.48. The van der Waals surface area contributed by atoms with Crippen LogP contribution in [0.3, 0.4) is 0 Å². The number of amides is 1. The Bertz CT molecular complexity index is 599. The molecule has 0 aromatic carbocycles. The molecule has 0 aliphatic carbocycles.